The van der Waals surface area contributed by atoms with Gasteiger partial charge in [-0.1, -0.05) is 42.5 Å². The Morgan fingerprint density at radius 2 is 1.71 bits per heavy atom. The SMILES string of the molecule is CNCCC(c1cccc(F)c1)n1cc(-c2cccc(C(F)(F)F)c2)c2ccccc21. The van der Waals surface area contributed by atoms with Crippen molar-refractivity contribution in [2.24, 2.45) is 0 Å². The van der Waals surface area contributed by atoms with Gasteiger partial charge in [-0.15, -0.1) is 0 Å². The Morgan fingerprint density at radius 1 is 0.935 bits per heavy atom. The fourth-order valence-corrected chi connectivity index (χ4v) is 4.02. The Labute approximate surface area is 178 Å². The minimum Gasteiger partial charge on any atom is -0.339 e. The molecule has 0 amide bonds. The Morgan fingerprint density at radius 3 is 2.45 bits per heavy atom. The lowest BCUT2D eigenvalue weighted by atomic mass is 10.0. The summed E-state index contributed by atoms with van der Waals surface area (Å²) in [7, 11) is 1.85. The maximum Gasteiger partial charge on any atom is 0.416 e. The average molecular weight is 426 g/mol. The van der Waals surface area contributed by atoms with Gasteiger partial charge in [0.15, 0.2) is 0 Å². The van der Waals surface area contributed by atoms with Crippen LogP contribution in [0.25, 0.3) is 22.0 Å². The Hall–Kier alpha value is -3.12. The first-order valence-corrected chi connectivity index (χ1v) is 10.1. The molecule has 3 aromatic carbocycles. The zero-order valence-electron chi connectivity index (χ0n) is 17.0. The fraction of sp³-hybridized carbons (Fsp3) is 0.200. The van der Waals surface area contributed by atoms with Crippen LogP contribution < -0.4 is 5.32 Å². The lowest BCUT2D eigenvalue weighted by Crippen LogP contribution is -2.17. The highest BCUT2D eigenvalue weighted by Crippen LogP contribution is 2.38. The summed E-state index contributed by atoms with van der Waals surface area (Å²) < 4.78 is 55.9. The second kappa shape index (κ2) is 8.55. The molecule has 31 heavy (non-hydrogen) atoms. The molecule has 0 fully saturated rings. The first kappa shape index (κ1) is 21.1. The number of nitrogens with zero attached hydrogens (tertiary/aromatic N) is 1. The normalized spacial score (nSPS) is 12.9. The van der Waals surface area contributed by atoms with Crippen LogP contribution in [0, 0.1) is 5.82 Å². The van der Waals surface area contributed by atoms with Crippen LogP contribution in [0.3, 0.4) is 0 Å². The molecule has 0 radical (unpaired) electrons. The van der Waals surface area contributed by atoms with Crippen molar-refractivity contribution in [2.45, 2.75) is 18.6 Å². The summed E-state index contributed by atoms with van der Waals surface area (Å²) in [6.07, 6.45) is -1.84. The van der Waals surface area contributed by atoms with Crippen LogP contribution in [0.2, 0.25) is 0 Å². The van der Waals surface area contributed by atoms with E-state index in [1.807, 2.05) is 48.1 Å². The highest BCUT2D eigenvalue weighted by molar-refractivity contribution is 5.96. The first-order valence-electron chi connectivity index (χ1n) is 10.1. The maximum atomic E-state index is 14.0. The minimum absolute atomic E-state index is 0.174. The van der Waals surface area contributed by atoms with E-state index >= 15 is 0 Å². The number of fused-ring (bicyclic) bond motifs is 1. The van der Waals surface area contributed by atoms with Crippen molar-refractivity contribution < 1.29 is 17.6 Å². The molecule has 0 spiro atoms. The molecule has 4 rings (SSSR count). The van der Waals surface area contributed by atoms with Crippen LogP contribution in [0.5, 0.6) is 0 Å². The summed E-state index contributed by atoms with van der Waals surface area (Å²) in [4.78, 5) is 0. The zero-order chi connectivity index (χ0) is 22.0. The lowest BCUT2D eigenvalue weighted by Gasteiger charge is -2.21. The summed E-state index contributed by atoms with van der Waals surface area (Å²) in [5.41, 5.74) is 2.23. The molecule has 0 aliphatic rings. The Bertz CT molecular complexity index is 1190. The standard InChI is InChI=1S/C25H22F4N2/c1-30-13-12-23(18-7-5-9-20(26)15-18)31-16-22(21-10-2-3-11-24(21)31)17-6-4-8-19(14-17)25(27,28)29/h2-11,14-16,23,30H,12-13H2,1H3. The third-order valence-electron chi connectivity index (χ3n) is 5.48. The summed E-state index contributed by atoms with van der Waals surface area (Å²) >= 11 is 0. The fourth-order valence-electron chi connectivity index (χ4n) is 4.02. The average Bonchev–Trinajstić information content (AvgIpc) is 3.13. The summed E-state index contributed by atoms with van der Waals surface area (Å²) in [6.45, 7) is 0.701. The predicted octanol–water partition coefficient (Wildman–Crippen LogP) is 6.67. The van der Waals surface area contributed by atoms with Crippen molar-refractivity contribution in [3.63, 3.8) is 0 Å². The van der Waals surface area contributed by atoms with Gasteiger partial charge in [0.2, 0.25) is 0 Å². The monoisotopic (exact) mass is 426 g/mol. The molecule has 160 valence electrons. The van der Waals surface area contributed by atoms with Gasteiger partial charge in [0.1, 0.15) is 5.82 Å². The third-order valence-corrected chi connectivity index (χ3v) is 5.48. The van der Waals surface area contributed by atoms with Crippen LogP contribution >= 0.6 is 0 Å². The van der Waals surface area contributed by atoms with E-state index in [0.717, 1.165) is 22.5 Å². The number of halogens is 4. The lowest BCUT2D eigenvalue weighted by molar-refractivity contribution is -0.137. The summed E-state index contributed by atoms with van der Waals surface area (Å²) in [6, 6.07) is 19.3. The molecule has 1 N–H and O–H groups in total. The Balaban J connectivity index is 1.90. The van der Waals surface area contributed by atoms with Gasteiger partial charge in [-0.3, -0.25) is 0 Å². The van der Waals surface area contributed by atoms with Crippen molar-refractivity contribution in [1.82, 2.24) is 9.88 Å². The molecule has 0 saturated carbocycles. The topological polar surface area (TPSA) is 17.0 Å². The van der Waals surface area contributed by atoms with Gasteiger partial charge in [0, 0.05) is 22.7 Å². The quantitative estimate of drug-likeness (QED) is 0.341. The number of benzene rings is 3. The van der Waals surface area contributed by atoms with E-state index in [9.17, 15) is 17.6 Å². The van der Waals surface area contributed by atoms with Gasteiger partial charge < -0.3 is 9.88 Å². The Kier molecular flexibility index (Phi) is 5.83. The minimum atomic E-state index is -4.41. The molecule has 1 unspecified atom stereocenters. The van der Waals surface area contributed by atoms with Gasteiger partial charge in [0.05, 0.1) is 11.6 Å². The van der Waals surface area contributed by atoms with E-state index in [2.05, 4.69) is 5.32 Å². The third kappa shape index (κ3) is 4.35. The van der Waals surface area contributed by atoms with Crippen molar-refractivity contribution in [1.29, 1.82) is 0 Å². The van der Waals surface area contributed by atoms with Crippen molar-refractivity contribution >= 4 is 10.9 Å². The van der Waals surface area contributed by atoms with Gasteiger partial charge in [-0.25, -0.2) is 4.39 Å². The van der Waals surface area contributed by atoms with Crippen molar-refractivity contribution in [2.75, 3.05) is 13.6 Å². The number of rotatable bonds is 6. The van der Waals surface area contributed by atoms with Crippen molar-refractivity contribution in [3.8, 4) is 11.1 Å². The predicted molar refractivity (Wildman–Crippen MR) is 115 cm³/mol. The van der Waals surface area contributed by atoms with E-state index < -0.39 is 11.7 Å². The highest BCUT2D eigenvalue weighted by atomic mass is 19.4. The van der Waals surface area contributed by atoms with E-state index in [1.54, 1.807) is 12.1 Å². The number of hydrogen-bond acceptors (Lipinski definition) is 1. The molecule has 1 atom stereocenters. The van der Waals surface area contributed by atoms with Crippen LogP contribution in [-0.2, 0) is 6.18 Å². The summed E-state index contributed by atoms with van der Waals surface area (Å²) in [5, 5.41) is 3.99. The van der Waals surface area contributed by atoms with Crippen LogP contribution in [0.15, 0.2) is 79.0 Å². The molecule has 4 aromatic rings. The molecular formula is C25H22F4N2. The molecular weight excluding hydrogens is 404 g/mol. The molecule has 0 aliphatic carbocycles. The molecule has 0 aliphatic heterocycles. The number of alkyl halides is 3. The van der Waals surface area contributed by atoms with Crippen LogP contribution in [0.1, 0.15) is 23.6 Å². The smallest absolute Gasteiger partial charge is 0.339 e. The molecule has 0 bridgehead atoms. The van der Waals surface area contributed by atoms with Crippen LogP contribution in [0.4, 0.5) is 17.6 Å². The molecule has 1 aromatic heterocycles. The van der Waals surface area contributed by atoms with Crippen LogP contribution in [-0.4, -0.2) is 18.2 Å². The number of aromatic nitrogens is 1. The molecule has 1 heterocycles. The van der Waals surface area contributed by atoms with E-state index in [1.165, 1.54) is 24.3 Å². The molecule has 2 nitrogen and oxygen atoms in total. The van der Waals surface area contributed by atoms with Gasteiger partial charge in [0.25, 0.3) is 0 Å². The largest absolute Gasteiger partial charge is 0.416 e. The zero-order valence-corrected chi connectivity index (χ0v) is 17.0. The number of para-hydroxylation sites is 1. The van der Waals surface area contributed by atoms with Gasteiger partial charge in [-0.05, 0) is 61.5 Å². The van der Waals surface area contributed by atoms with Gasteiger partial charge >= 0.3 is 6.18 Å². The van der Waals surface area contributed by atoms with Gasteiger partial charge in [-0.2, -0.15) is 13.2 Å². The number of nitrogens with one attached hydrogen (secondary N) is 1. The second-order valence-corrected chi connectivity index (χ2v) is 7.51. The van der Waals surface area contributed by atoms with E-state index in [-0.39, 0.29) is 11.9 Å². The number of hydrogen-bond donors (Lipinski definition) is 1. The first-order chi connectivity index (χ1) is 14.9. The molecule has 6 heteroatoms. The van der Waals surface area contributed by atoms with E-state index in [0.29, 0.717) is 24.1 Å². The highest BCUT2D eigenvalue weighted by Gasteiger charge is 2.30. The maximum absolute atomic E-state index is 14.0. The van der Waals surface area contributed by atoms with Crippen molar-refractivity contribution in [3.05, 3.63) is 95.9 Å². The second-order valence-electron chi connectivity index (χ2n) is 7.51. The summed E-state index contributed by atoms with van der Waals surface area (Å²) in [5.74, 6) is -0.318. The van der Waals surface area contributed by atoms with E-state index in [4.69, 9.17) is 0 Å². The molecule has 0 saturated heterocycles.